The molecule has 3 N–H and O–H groups in total. The first-order valence-electron chi connectivity index (χ1n) is 9.81. The summed E-state index contributed by atoms with van der Waals surface area (Å²) in [7, 11) is 0. The molecule has 2 aliphatic rings. The van der Waals surface area contributed by atoms with Crippen LogP contribution < -0.4 is 11.1 Å². The van der Waals surface area contributed by atoms with Crippen LogP contribution in [0.4, 0.5) is 5.69 Å². The lowest BCUT2D eigenvalue weighted by molar-refractivity contribution is -0.124. The fraction of sp³-hybridized carbons (Fsp3) is 0.600. The number of carbonyl (C=O) groups is 2. The Balaban J connectivity index is 0.00000280. The third-order valence-electron chi connectivity index (χ3n) is 5.03. The smallest absolute Gasteiger partial charge is 0.253 e. The summed E-state index contributed by atoms with van der Waals surface area (Å²) in [6.07, 6.45) is 4.01. The van der Waals surface area contributed by atoms with E-state index in [2.05, 4.69) is 5.32 Å². The van der Waals surface area contributed by atoms with Gasteiger partial charge in [0.15, 0.2) is 0 Å². The molecule has 0 aromatic heterocycles. The van der Waals surface area contributed by atoms with Crippen LogP contribution in [-0.2, 0) is 14.3 Å². The zero-order chi connectivity index (χ0) is 19.1. The van der Waals surface area contributed by atoms with Crippen LogP contribution in [0.1, 0.15) is 42.5 Å². The fourth-order valence-corrected chi connectivity index (χ4v) is 3.48. The second-order valence-corrected chi connectivity index (χ2v) is 7.08. The quantitative estimate of drug-likeness (QED) is 0.671. The molecule has 2 aliphatic heterocycles. The molecule has 156 valence electrons. The summed E-state index contributed by atoms with van der Waals surface area (Å²) in [6.45, 7) is 3.30. The lowest BCUT2D eigenvalue weighted by Gasteiger charge is -2.32. The monoisotopic (exact) mass is 411 g/mol. The number of nitrogens with two attached hydrogens (primary N) is 1. The van der Waals surface area contributed by atoms with Gasteiger partial charge in [0.05, 0.1) is 6.10 Å². The van der Waals surface area contributed by atoms with Crippen LogP contribution in [0.15, 0.2) is 24.3 Å². The van der Waals surface area contributed by atoms with Crippen molar-refractivity contribution in [3.05, 3.63) is 29.8 Å². The summed E-state index contributed by atoms with van der Waals surface area (Å²) in [5.74, 6) is -0.156. The van der Waals surface area contributed by atoms with Gasteiger partial charge in [-0.3, -0.25) is 9.59 Å². The molecule has 7 nitrogen and oxygen atoms in total. The molecule has 1 aromatic carbocycles. The van der Waals surface area contributed by atoms with Crippen molar-refractivity contribution in [3.8, 4) is 0 Å². The van der Waals surface area contributed by atoms with Gasteiger partial charge in [0.1, 0.15) is 6.10 Å². The first-order chi connectivity index (χ1) is 13.2. The summed E-state index contributed by atoms with van der Waals surface area (Å²) >= 11 is 0. The molecule has 0 spiro atoms. The van der Waals surface area contributed by atoms with Crippen molar-refractivity contribution in [1.82, 2.24) is 4.90 Å². The van der Waals surface area contributed by atoms with E-state index in [-0.39, 0.29) is 36.4 Å². The first-order valence-corrected chi connectivity index (χ1v) is 9.81. The number of anilines is 1. The maximum absolute atomic E-state index is 12.8. The second-order valence-electron chi connectivity index (χ2n) is 7.08. The number of likely N-dealkylation sites (tertiary alicyclic amines) is 1. The molecule has 1 aromatic rings. The van der Waals surface area contributed by atoms with Crippen LogP contribution in [0.3, 0.4) is 0 Å². The summed E-state index contributed by atoms with van der Waals surface area (Å²) in [5.41, 5.74) is 6.69. The van der Waals surface area contributed by atoms with Gasteiger partial charge in [-0.1, -0.05) is 6.07 Å². The maximum atomic E-state index is 12.8. The van der Waals surface area contributed by atoms with Crippen LogP contribution in [0, 0.1) is 0 Å². The number of ether oxygens (including phenoxy) is 2. The Kier molecular flexibility index (Phi) is 9.18. The van der Waals surface area contributed by atoms with Crippen molar-refractivity contribution in [2.24, 2.45) is 5.73 Å². The van der Waals surface area contributed by atoms with Crippen LogP contribution in [0.25, 0.3) is 0 Å². The van der Waals surface area contributed by atoms with Gasteiger partial charge in [0.25, 0.3) is 11.8 Å². The molecular weight excluding hydrogens is 382 g/mol. The van der Waals surface area contributed by atoms with Gasteiger partial charge < -0.3 is 25.4 Å². The molecule has 2 saturated heterocycles. The van der Waals surface area contributed by atoms with Gasteiger partial charge in [0, 0.05) is 37.6 Å². The molecule has 2 heterocycles. The van der Waals surface area contributed by atoms with Gasteiger partial charge in [-0.05, 0) is 56.8 Å². The van der Waals surface area contributed by atoms with E-state index < -0.39 is 0 Å². The standard InChI is InChI=1S/C20H29N3O4.ClH/c21-9-3-13-26-17-7-10-23(11-8-17)20(25)15-4-1-5-16(14-15)22-19(24)18-6-2-12-27-18;/h1,4-5,14,17-18H,2-3,6-13,21H2,(H,22,24);1H. The van der Waals surface area contributed by atoms with E-state index in [1.807, 2.05) is 4.90 Å². The van der Waals surface area contributed by atoms with Crippen molar-refractivity contribution in [2.75, 3.05) is 38.2 Å². The summed E-state index contributed by atoms with van der Waals surface area (Å²) in [5, 5.41) is 2.85. The summed E-state index contributed by atoms with van der Waals surface area (Å²) in [4.78, 5) is 26.8. The molecule has 0 radical (unpaired) electrons. The average Bonchev–Trinajstić information content (AvgIpc) is 3.23. The highest BCUT2D eigenvalue weighted by atomic mass is 35.5. The second kappa shape index (κ2) is 11.4. The summed E-state index contributed by atoms with van der Waals surface area (Å²) < 4.78 is 11.2. The van der Waals surface area contributed by atoms with Crippen LogP contribution in [0.5, 0.6) is 0 Å². The number of benzene rings is 1. The lowest BCUT2D eigenvalue weighted by Crippen LogP contribution is -2.41. The number of piperidine rings is 1. The molecule has 0 saturated carbocycles. The molecule has 2 fully saturated rings. The van der Waals surface area contributed by atoms with Crippen LogP contribution in [-0.4, -0.2) is 61.8 Å². The molecule has 1 atom stereocenters. The van der Waals surface area contributed by atoms with E-state index in [9.17, 15) is 9.59 Å². The number of hydrogen-bond acceptors (Lipinski definition) is 5. The number of rotatable bonds is 7. The number of nitrogens with one attached hydrogen (secondary N) is 1. The Labute approximate surface area is 172 Å². The Morgan fingerprint density at radius 2 is 2.04 bits per heavy atom. The van der Waals surface area contributed by atoms with E-state index in [4.69, 9.17) is 15.2 Å². The van der Waals surface area contributed by atoms with E-state index in [1.165, 1.54) is 0 Å². The number of halogens is 1. The average molecular weight is 412 g/mol. The van der Waals surface area contributed by atoms with Crippen molar-refractivity contribution in [3.63, 3.8) is 0 Å². The van der Waals surface area contributed by atoms with Crippen molar-refractivity contribution < 1.29 is 19.1 Å². The first kappa shape index (κ1) is 22.6. The number of carbonyl (C=O) groups excluding carboxylic acids is 2. The third-order valence-corrected chi connectivity index (χ3v) is 5.03. The zero-order valence-electron chi connectivity index (χ0n) is 16.1. The fourth-order valence-electron chi connectivity index (χ4n) is 3.48. The highest BCUT2D eigenvalue weighted by Crippen LogP contribution is 2.20. The molecule has 8 heteroatoms. The molecule has 1 unspecified atom stereocenters. The largest absolute Gasteiger partial charge is 0.378 e. The number of amides is 2. The van der Waals surface area contributed by atoms with Crippen molar-refractivity contribution in [1.29, 1.82) is 0 Å². The normalized spacial score (nSPS) is 19.9. The number of hydrogen-bond donors (Lipinski definition) is 2. The Bertz CT molecular complexity index is 644. The lowest BCUT2D eigenvalue weighted by atomic mass is 10.1. The highest BCUT2D eigenvalue weighted by Gasteiger charge is 2.25. The van der Waals surface area contributed by atoms with E-state index in [1.54, 1.807) is 24.3 Å². The third kappa shape index (κ3) is 6.17. The molecule has 2 amide bonds. The highest BCUT2D eigenvalue weighted by molar-refractivity contribution is 5.98. The van der Waals surface area contributed by atoms with Gasteiger partial charge in [0.2, 0.25) is 0 Å². The van der Waals surface area contributed by atoms with Crippen LogP contribution >= 0.6 is 12.4 Å². The Morgan fingerprint density at radius 3 is 2.71 bits per heavy atom. The van der Waals surface area contributed by atoms with Crippen molar-refractivity contribution in [2.45, 2.75) is 44.3 Å². The van der Waals surface area contributed by atoms with Gasteiger partial charge in [-0.15, -0.1) is 12.4 Å². The molecule has 0 bridgehead atoms. The van der Waals surface area contributed by atoms with E-state index >= 15 is 0 Å². The summed E-state index contributed by atoms with van der Waals surface area (Å²) in [6, 6.07) is 7.11. The van der Waals surface area contributed by atoms with Gasteiger partial charge in [-0.2, -0.15) is 0 Å². The molecule has 28 heavy (non-hydrogen) atoms. The predicted octanol–water partition coefficient (Wildman–Crippen LogP) is 2.20. The van der Waals surface area contributed by atoms with Crippen LogP contribution in [0.2, 0.25) is 0 Å². The minimum absolute atomic E-state index is 0. The molecule has 3 rings (SSSR count). The number of nitrogens with zero attached hydrogens (tertiary/aromatic N) is 1. The van der Waals surface area contributed by atoms with Crippen molar-refractivity contribution >= 4 is 29.9 Å². The predicted molar refractivity (Wildman–Crippen MR) is 110 cm³/mol. The molecule has 0 aliphatic carbocycles. The topological polar surface area (TPSA) is 93.9 Å². The minimum atomic E-state index is -0.386. The Morgan fingerprint density at radius 1 is 1.25 bits per heavy atom. The van der Waals surface area contributed by atoms with Gasteiger partial charge in [-0.25, -0.2) is 0 Å². The Hall–Kier alpha value is -1.67. The van der Waals surface area contributed by atoms with E-state index in [0.29, 0.717) is 44.1 Å². The maximum Gasteiger partial charge on any atom is 0.253 e. The van der Waals surface area contributed by atoms with Gasteiger partial charge >= 0.3 is 0 Å². The zero-order valence-corrected chi connectivity index (χ0v) is 16.9. The molecular formula is C20H30ClN3O4. The SMILES string of the molecule is Cl.NCCCOC1CCN(C(=O)c2cccc(NC(=O)C3CCCO3)c2)CC1. The minimum Gasteiger partial charge on any atom is -0.378 e. The van der Waals surface area contributed by atoms with E-state index in [0.717, 1.165) is 32.1 Å².